The van der Waals surface area contributed by atoms with Gasteiger partial charge in [-0.3, -0.25) is 4.68 Å². The highest BCUT2D eigenvalue weighted by Crippen LogP contribution is 2.30. The van der Waals surface area contributed by atoms with Crippen molar-refractivity contribution in [1.82, 2.24) is 15.1 Å². The van der Waals surface area contributed by atoms with Gasteiger partial charge in [0.1, 0.15) is 0 Å². The van der Waals surface area contributed by atoms with Crippen molar-refractivity contribution in [3.63, 3.8) is 0 Å². The van der Waals surface area contributed by atoms with Crippen LogP contribution >= 0.6 is 0 Å². The van der Waals surface area contributed by atoms with Gasteiger partial charge in [-0.15, -0.1) is 0 Å². The fourth-order valence-electron chi connectivity index (χ4n) is 2.94. The van der Waals surface area contributed by atoms with E-state index >= 15 is 0 Å². The molecule has 0 aliphatic carbocycles. The topological polar surface area (TPSA) is 29.9 Å². The first kappa shape index (κ1) is 12.6. The molecular formula is C14H25N3. The summed E-state index contributed by atoms with van der Waals surface area (Å²) < 4.78 is 1.90. The minimum absolute atomic E-state index is 0.277. The predicted molar refractivity (Wildman–Crippen MR) is 71.0 cm³/mol. The lowest BCUT2D eigenvalue weighted by atomic mass is 9.78. The zero-order valence-electron chi connectivity index (χ0n) is 11.4. The third kappa shape index (κ3) is 2.89. The van der Waals surface area contributed by atoms with Gasteiger partial charge in [-0.05, 0) is 37.3 Å². The molecule has 2 heterocycles. The molecule has 1 aliphatic rings. The summed E-state index contributed by atoms with van der Waals surface area (Å²) in [6, 6.07) is 0. The average Bonchev–Trinajstić information content (AvgIpc) is 2.54. The number of nitrogens with zero attached hydrogens (tertiary/aromatic N) is 2. The predicted octanol–water partition coefficient (Wildman–Crippen LogP) is 2.52. The summed E-state index contributed by atoms with van der Waals surface area (Å²) in [6.45, 7) is 5.85. The van der Waals surface area contributed by atoms with Gasteiger partial charge in [-0.25, -0.2) is 0 Å². The van der Waals surface area contributed by atoms with Crippen molar-refractivity contribution in [2.75, 3.05) is 6.54 Å². The Morgan fingerprint density at radius 3 is 2.88 bits per heavy atom. The first-order valence-corrected chi connectivity index (χ1v) is 6.85. The van der Waals surface area contributed by atoms with Crippen LogP contribution in [-0.2, 0) is 13.5 Å². The van der Waals surface area contributed by atoms with Gasteiger partial charge < -0.3 is 5.32 Å². The second-order valence-corrected chi connectivity index (χ2v) is 5.75. The van der Waals surface area contributed by atoms with Crippen LogP contribution in [0.5, 0.6) is 0 Å². The van der Waals surface area contributed by atoms with Crippen LogP contribution in [0.1, 0.15) is 45.1 Å². The molecule has 1 atom stereocenters. The van der Waals surface area contributed by atoms with Gasteiger partial charge in [0.2, 0.25) is 0 Å². The summed E-state index contributed by atoms with van der Waals surface area (Å²) in [4.78, 5) is 0. The minimum atomic E-state index is 0.277. The number of nitrogens with one attached hydrogen (secondary N) is 1. The van der Waals surface area contributed by atoms with Crippen LogP contribution in [-0.4, -0.2) is 21.9 Å². The largest absolute Gasteiger partial charge is 0.311 e. The van der Waals surface area contributed by atoms with E-state index in [1.165, 1.54) is 37.8 Å². The molecular weight excluding hydrogens is 210 g/mol. The highest BCUT2D eigenvalue weighted by Gasteiger charge is 2.34. The van der Waals surface area contributed by atoms with Crippen LogP contribution in [0.25, 0.3) is 0 Å². The lowest BCUT2D eigenvalue weighted by Gasteiger charge is -2.38. The zero-order valence-corrected chi connectivity index (χ0v) is 11.4. The molecule has 96 valence electrons. The van der Waals surface area contributed by atoms with E-state index in [-0.39, 0.29) is 5.54 Å². The monoisotopic (exact) mass is 235 g/mol. The second kappa shape index (κ2) is 5.21. The Morgan fingerprint density at radius 1 is 1.41 bits per heavy atom. The van der Waals surface area contributed by atoms with E-state index < -0.39 is 0 Å². The highest BCUT2D eigenvalue weighted by molar-refractivity contribution is 5.11. The summed E-state index contributed by atoms with van der Waals surface area (Å²) in [5.74, 6) is 0.667. The van der Waals surface area contributed by atoms with Gasteiger partial charge in [-0.1, -0.05) is 26.7 Å². The van der Waals surface area contributed by atoms with Gasteiger partial charge in [0, 0.05) is 18.8 Å². The van der Waals surface area contributed by atoms with Crippen LogP contribution < -0.4 is 5.32 Å². The quantitative estimate of drug-likeness (QED) is 0.872. The molecule has 0 bridgehead atoms. The van der Waals surface area contributed by atoms with Gasteiger partial charge in [0.25, 0.3) is 0 Å². The van der Waals surface area contributed by atoms with Crippen molar-refractivity contribution < 1.29 is 0 Å². The molecule has 1 fully saturated rings. The Morgan fingerprint density at radius 2 is 2.24 bits per heavy atom. The minimum Gasteiger partial charge on any atom is -0.311 e. The van der Waals surface area contributed by atoms with Gasteiger partial charge in [-0.2, -0.15) is 5.10 Å². The molecule has 2 rings (SSSR count). The number of hydrogen-bond acceptors (Lipinski definition) is 2. The summed E-state index contributed by atoms with van der Waals surface area (Å²) in [7, 11) is 1.99. The van der Waals surface area contributed by atoms with E-state index in [9.17, 15) is 0 Å². The molecule has 0 radical (unpaired) electrons. The molecule has 1 unspecified atom stereocenters. The van der Waals surface area contributed by atoms with Crippen molar-refractivity contribution >= 4 is 0 Å². The van der Waals surface area contributed by atoms with Crippen LogP contribution in [0, 0.1) is 5.92 Å². The summed E-state index contributed by atoms with van der Waals surface area (Å²) in [6.07, 6.45) is 10.6. The van der Waals surface area contributed by atoms with E-state index in [0.29, 0.717) is 5.92 Å². The Kier molecular flexibility index (Phi) is 3.87. The maximum absolute atomic E-state index is 4.28. The van der Waals surface area contributed by atoms with Gasteiger partial charge in [0.15, 0.2) is 0 Å². The van der Waals surface area contributed by atoms with Crippen molar-refractivity contribution in [3.05, 3.63) is 18.0 Å². The van der Waals surface area contributed by atoms with Crippen molar-refractivity contribution in [3.8, 4) is 0 Å². The molecule has 0 spiro atoms. The Bertz CT molecular complexity index is 346. The molecule has 0 amide bonds. The van der Waals surface area contributed by atoms with Crippen molar-refractivity contribution in [2.45, 2.75) is 51.5 Å². The lowest BCUT2D eigenvalue weighted by molar-refractivity contribution is 0.226. The third-order valence-corrected chi connectivity index (χ3v) is 4.16. The molecule has 0 saturated carbocycles. The van der Waals surface area contributed by atoms with Gasteiger partial charge in [0.05, 0.1) is 6.20 Å². The highest BCUT2D eigenvalue weighted by atomic mass is 15.2. The molecule has 1 saturated heterocycles. The van der Waals surface area contributed by atoms with E-state index in [2.05, 4.69) is 30.5 Å². The Labute approximate surface area is 105 Å². The SMILES string of the molecule is CC(C)C1(Cc2cnn(C)c2)CCCCCN1. The zero-order chi connectivity index (χ0) is 12.3. The van der Waals surface area contributed by atoms with E-state index in [1.807, 2.05) is 17.9 Å². The molecule has 3 nitrogen and oxygen atoms in total. The second-order valence-electron chi connectivity index (χ2n) is 5.75. The average molecular weight is 235 g/mol. The first-order valence-electron chi connectivity index (χ1n) is 6.85. The Hall–Kier alpha value is -0.830. The summed E-state index contributed by atoms with van der Waals surface area (Å²) in [5.41, 5.74) is 1.63. The first-order chi connectivity index (χ1) is 8.12. The number of hydrogen-bond donors (Lipinski definition) is 1. The lowest BCUT2D eigenvalue weighted by Crippen LogP contribution is -2.50. The number of aryl methyl sites for hydroxylation is 1. The third-order valence-electron chi connectivity index (χ3n) is 4.16. The van der Waals surface area contributed by atoms with E-state index in [4.69, 9.17) is 0 Å². The van der Waals surface area contributed by atoms with Crippen LogP contribution in [0.3, 0.4) is 0 Å². The number of rotatable bonds is 3. The number of aromatic nitrogens is 2. The molecule has 0 aromatic carbocycles. The smallest absolute Gasteiger partial charge is 0.0522 e. The maximum atomic E-state index is 4.28. The normalized spacial score (nSPS) is 26.1. The fourth-order valence-corrected chi connectivity index (χ4v) is 2.94. The fraction of sp³-hybridized carbons (Fsp3) is 0.786. The standard InChI is InChI=1S/C14H25N3/c1-12(2)14(7-5-4-6-8-15-14)9-13-10-16-17(3)11-13/h10-12,15H,4-9H2,1-3H3. The molecule has 17 heavy (non-hydrogen) atoms. The summed E-state index contributed by atoms with van der Waals surface area (Å²) >= 11 is 0. The molecule has 3 heteroatoms. The molecule has 1 N–H and O–H groups in total. The van der Waals surface area contributed by atoms with Crippen LogP contribution in [0.4, 0.5) is 0 Å². The van der Waals surface area contributed by atoms with E-state index in [0.717, 1.165) is 6.42 Å². The maximum Gasteiger partial charge on any atom is 0.0522 e. The van der Waals surface area contributed by atoms with Crippen molar-refractivity contribution in [1.29, 1.82) is 0 Å². The van der Waals surface area contributed by atoms with Crippen LogP contribution in [0.2, 0.25) is 0 Å². The Balaban J connectivity index is 2.15. The van der Waals surface area contributed by atoms with E-state index in [1.54, 1.807) is 0 Å². The van der Waals surface area contributed by atoms with Crippen molar-refractivity contribution in [2.24, 2.45) is 13.0 Å². The molecule has 1 aromatic rings. The summed E-state index contributed by atoms with van der Waals surface area (Å²) in [5, 5.41) is 8.10. The van der Waals surface area contributed by atoms with Crippen LogP contribution in [0.15, 0.2) is 12.4 Å². The van der Waals surface area contributed by atoms with Gasteiger partial charge >= 0.3 is 0 Å². The molecule has 1 aliphatic heterocycles. The molecule has 1 aromatic heterocycles.